The van der Waals surface area contributed by atoms with Gasteiger partial charge in [0.25, 0.3) is 0 Å². The fourth-order valence-electron chi connectivity index (χ4n) is 2.28. The lowest BCUT2D eigenvalue weighted by Gasteiger charge is -2.27. The highest BCUT2D eigenvalue weighted by Gasteiger charge is 2.23. The van der Waals surface area contributed by atoms with Gasteiger partial charge in [0.1, 0.15) is 5.60 Å². The number of methoxy groups -OCH3 is 1. The Bertz CT molecular complexity index is 737. The van der Waals surface area contributed by atoms with E-state index in [4.69, 9.17) is 9.47 Å². The molecule has 0 aliphatic carbocycles. The van der Waals surface area contributed by atoms with Crippen molar-refractivity contribution in [1.29, 1.82) is 0 Å². The molecule has 2 aromatic rings. The zero-order chi connectivity index (χ0) is 19.2. The lowest BCUT2D eigenvalue weighted by atomic mass is 10.1. The van der Waals surface area contributed by atoms with E-state index in [1.807, 2.05) is 39.0 Å². The Balaban J connectivity index is 2.17. The van der Waals surface area contributed by atoms with Gasteiger partial charge in [-0.25, -0.2) is 9.59 Å². The van der Waals surface area contributed by atoms with Crippen molar-refractivity contribution in [2.75, 3.05) is 7.11 Å². The molecule has 0 unspecified atom stereocenters. The molecule has 0 spiro atoms. The number of esters is 1. The highest BCUT2D eigenvalue weighted by atomic mass is 16.6. The summed E-state index contributed by atoms with van der Waals surface area (Å²) in [5, 5.41) is 0. The van der Waals surface area contributed by atoms with Crippen LogP contribution < -0.4 is 0 Å². The summed E-state index contributed by atoms with van der Waals surface area (Å²) in [6, 6.07) is 12.5. The summed E-state index contributed by atoms with van der Waals surface area (Å²) in [4.78, 5) is 30.0. The van der Waals surface area contributed by atoms with Gasteiger partial charge in [0.2, 0.25) is 0 Å². The zero-order valence-electron chi connectivity index (χ0n) is 15.6. The molecular weight excluding hydrogens is 332 g/mol. The van der Waals surface area contributed by atoms with Crippen molar-refractivity contribution in [2.24, 2.45) is 0 Å². The van der Waals surface area contributed by atoms with Gasteiger partial charge in [0.15, 0.2) is 0 Å². The molecule has 1 heterocycles. The quantitative estimate of drug-likeness (QED) is 0.762. The van der Waals surface area contributed by atoms with Gasteiger partial charge in [-0.05, 0) is 50.6 Å². The third kappa shape index (κ3) is 5.88. The van der Waals surface area contributed by atoms with E-state index in [9.17, 15) is 9.59 Å². The van der Waals surface area contributed by atoms with E-state index < -0.39 is 17.7 Å². The normalized spacial score (nSPS) is 10.9. The van der Waals surface area contributed by atoms with Gasteiger partial charge in [0, 0.05) is 12.7 Å². The average Bonchev–Trinajstić information content (AvgIpc) is 2.60. The van der Waals surface area contributed by atoms with Gasteiger partial charge in [-0.2, -0.15) is 0 Å². The molecule has 0 saturated heterocycles. The molecule has 0 aliphatic heterocycles. The molecule has 2 rings (SSSR count). The number of nitrogens with zero attached hydrogens (tertiary/aromatic N) is 2. The smallest absolute Gasteiger partial charge is 0.410 e. The molecule has 0 aliphatic rings. The molecule has 0 fully saturated rings. The summed E-state index contributed by atoms with van der Waals surface area (Å²) in [5.74, 6) is -0.394. The summed E-state index contributed by atoms with van der Waals surface area (Å²) in [7, 11) is 1.34. The molecular formula is C20H24N2O4. The van der Waals surface area contributed by atoms with Crippen LogP contribution in [0.25, 0.3) is 0 Å². The monoisotopic (exact) mass is 356 g/mol. The molecule has 1 amide bonds. The third-order valence-electron chi connectivity index (χ3n) is 3.48. The van der Waals surface area contributed by atoms with E-state index in [0.29, 0.717) is 18.7 Å². The summed E-state index contributed by atoms with van der Waals surface area (Å²) in [5.41, 5.74) is 1.52. The summed E-state index contributed by atoms with van der Waals surface area (Å²) in [6.07, 6.45) is 1.27. The third-order valence-corrected chi connectivity index (χ3v) is 3.48. The fourth-order valence-corrected chi connectivity index (χ4v) is 2.28. The van der Waals surface area contributed by atoms with Crippen LogP contribution in [-0.2, 0) is 22.6 Å². The molecule has 6 heteroatoms. The Morgan fingerprint density at radius 1 is 1.04 bits per heavy atom. The standard InChI is InChI=1S/C20H24N2O4/c1-20(2,3)26-19(24)22(14-17-7-5-6-12-21-17)13-15-8-10-16(11-9-15)18(23)25-4/h5-12H,13-14H2,1-4H3. The Morgan fingerprint density at radius 3 is 2.27 bits per heavy atom. The molecule has 1 aromatic heterocycles. The number of amides is 1. The van der Waals surface area contributed by atoms with Crippen LogP contribution in [0.1, 0.15) is 42.4 Å². The molecule has 0 atom stereocenters. The number of hydrogen-bond donors (Lipinski definition) is 0. The topological polar surface area (TPSA) is 68.7 Å². The van der Waals surface area contributed by atoms with Crippen LogP contribution in [0.4, 0.5) is 4.79 Å². The van der Waals surface area contributed by atoms with Crippen molar-refractivity contribution in [3.8, 4) is 0 Å². The molecule has 0 N–H and O–H groups in total. The highest BCUT2D eigenvalue weighted by Crippen LogP contribution is 2.16. The largest absolute Gasteiger partial charge is 0.465 e. The van der Waals surface area contributed by atoms with E-state index in [0.717, 1.165) is 11.3 Å². The number of carbonyl (C=O) groups is 2. The first kappa shape index (κ1) is 19.4. The SMILES string of the molecule is COC(=O)c1ccc(CN(Cc2ccccn2)C(=O)OC(C)(C)C)cc1. The second kappa shape index (κ2) is 8.47. The van der Waals surface area contributed by atoms with Crippen LogP contribution in [0.15, 0.2) is 48.7 Å². The molecule has 1 aromatic carbocycles. The number of rotatable bonds is 5. The van der Waals surface area contributed by atoms with E-state index in [1.54, 1.807) is 35.4 Å². The minimum absolute atomic E-state index is 0.328. The van der Waals surface area contributed by atoms with Crippen LogP contribution in [0.2, 0.25) is 0 Å². The van der Waals surface area contributed by atoms with Crippen LogP contribution in [-0.4, -0.2) is 34.7 Å². The minimum Gasteiger partial charge on any atom is -0.465 e. The van der Waals surface area contributed by atoms with Gasteiger partial charge < -0.3 is 9.47 Å². The van der Waals surface area contributed by atoms with Gasteiger partial charge in [0.05, 0.1) is 24.9 Å². The predicted molar refractivity (Wildman–Crippen MR) is 97.5 cm³/mol. The second-order valence-electron chi connectivity index (χ2n) is 6.85. The molecule has 0 radical (unpaired) electrons. The first-order valence-electron chi connectivity index (χ1n) is 8.33. The summed E-state index contributed by atoms with van der Waals surface area (Å²) in [6.45, 7) is 6.15. The van der Waals surface area contributed by atoms with E-state index in [-0.39, 0.29) is 0 Å². The Labute approximate surface area is 153 Å². The fraction of sp³-hybridized carbons (Fsp3) is 0.350. The average molecular weight is 356 g/mol. The Morgan fingerprint density at radius 2 is 1.73 bits per heavy atom. The predicted octanol–water partition coefficient (Wildman–Crippen LogP) is 3.81. The number of pyridine rings is 1. The Kier molecular flexibility index (Phi) is 6.33. The maximum atomic E-state index is 12.6. The lowest BCUT2D eigenvalue weighted by Crippen LogP contribution is -2.36. The van der Waals surface area contributed by atoms with Gasteiger partial charge >= 0.3 is 12.1 Å². The molecule has 138 valence electrons. The van der Waals surface area contributed by atoms with Crippen molar-refractivity contribution in [3.05, 3.63) is 65.5 Å². The van der Waals surface area contributed by atoms with Crippen molar-refractivity contribution in [1.82, 2.24) is 9.88 Å². The zero-order valence-corrected chi connectivity index (χ0v) is 15.6. The summed E-state index contributed by atoms with van der Waals surface area (Å²) < 4.78 is 10.2. The first-order valence-corrected chi connectivity index (χ1v) is 8.33. The van der Waals surface area contributed by atoms with E-state index in [1.165, 1.54) is 7.11 Å². The number of aromatic nitrogens is 1. The Hall–Kier alpha value is -2.89. The molecule has 6 nitrogen and oxygen atoms in total. The lowest BCUT2D eigenvalue weighted by molar-refractivity contribution is 0.0213. The van der Waals surface area contributed by atoms with Crippen molar-refractivity contribution >= 4 is 12.1 Å². The van der Waals surface area contributed by atoms with Crippen LogP contribution >= 0.6 is 0 Å². The van der Waals surface area contributed by atoms with Crippen molar-refractivity contribution in [2.45, 2.75) is 39.5 Å². The number of ether oxygens (including phenoxy) is 2. The molecule has 26 heavy (non-hydrogen) atoms. The minimum atomic E-state index is -0.589. The number of benzene rings is 1. The second-order valence-corrected chi connectivity index (χ2v) is 6.85. The van der Waals surface area contributed by atoms with Gasteiger partial charge in [-0.1, -0.05) is 18.2 Å². The molecule has 0 bridgehead atoms. The van der Waals surface area contributed by atoms with Gasteiger partial charge in [-0.15, -0.1) is 0 Å². The van der Waals surface area contributed by atoms with Crippen LogP contribution in [0, 0.1) is 0 Å². The maximum absolute atomic E-state index is 12.6. The van der Waals surface area contributed by atoms with Gasteiger partial charge in [-0.3, -0.25) is 9.88 Å². The van der Waals surface area contributed by atoms with Crippen molar-refractivity contribution in [3.63, 3.8) is 0 Å². The molecule has 0 saturated carbocycles. The first-order chi connectivity index (χ1) is 12.3. The summed E-state index contributed by atoms with van der Waals surface area (Å²) >= 11 is 0. The van der Waals surface area contributed by atoms with Crippen molar-refractivity contribution < 1.29 is 19.1 Å². The maximum Gasteiger partial charge on any atom is 0.410 e. The highest BCUT2D eigenvalue weighted by molar-refractivity contribution is 5.89. The number of carbonyl (C=O) groups excluding carboxylic acids is 2. The van der Waals surface area contributed by atoms with Crippen LogP contribution in [0.5, 0.6) is 0 Å². The number of hydrogen-bond acceptors (Lipinski definition) is 5. The van der Waals surface area contributed by atoms with Crippen LogP contribution in [0.3, 0.4) is 0 Å². The van der Waals surface area contributed by atoms with E-state index in [2.05, 4.69) is 4.98 Å². The van der Waals surface area contributed by atoms with E-state index >= 15 is 0 Å².